The van der Waals surface area contributed by atoms with Crippen molar-refractivity contribution < 1.29 is 9.59 Å². The summed E-state index contributed by atoms with van der Waals surface area (Å²) in [6.07, 6.45) is 3.58. The lowest BCUT2D eigenvalue weighted by Gasteiger charge is -2.32. The fourth-order valence-electron chi connectivity index (χ4n) is 4.03. The van der Waals surface area contributed by atoms with Crippen molar-refractivity contribution >= 4 is 23.2 Å². The van der Waals surface area contributed by atoms with Crippen LogP contribution >= 0.6 is 11.3 Å². The molecular formula is C21H24N2O2S. The van der Waals surface area contributed by atoms with Gasteiger partial charge in [0.15, 0.2) is 0 Å². The van der Waals surface area contributed by atoms with Gasteiger partial charge in [0.25, 0.3) is 5.91 Å². The highest BCUT2D eigenvalue weighted by atomic mass is 32.1. The lowest BCUT2D eigenvalue weighted by molar-refractivity contribution is -0.134. The first-order chi connectivity index (χ1) is 12.5. The second-order valence-corrected chi connectivity index (χ2v) is 8.47. The fourth-order valence-corrected chi connectivity index (χ4v) is 5.27. The number of thiophene rings is 1. The molecular weight excluding hydrogens is 344 g/mol. The number of amides is 2. The molecule has 0 saturated carbocycles. The Balaban J connectivity index is 1.49. The van der Waals surface area contributed by atoms with E-state index in [4.69, 9.17) is 0 Å². The van der Waals surface area contributed by atoms with Crippen molar-refractivity contribution in [1.82, 2.24) is 9.80 Å². The first kappa shape index (κ1) is 17.3. The quantitative estimate of drug-likeness (QED) is 0.815. The minimum absolute atomic E-state index is 0.0532. The van der Waals surface area contributed by atoms with Crippen LogP contribution in [0.2, 0.25) is 0 Å². The molecule has 1 aliphatic carbocycles. The predicted molar refractivity (Wildman–Crippen MR) is 104 cm³/mol. The summed E-state index contributed by atoms with van der Waals surface area (Å²) in [5.41, 5.74) is 3.96. The number of likely N-dealkylation sites (tertiary alicyclic amines) is 1. The van der Waals surface area contributed by atoms with Gasteiger partial charge >= 0.3 is 0 Å². The Kier molecular flexibility index (Phi) is 4.57. The van der Waals surface area contributed by atoms with Crippen LogP contribution in [0.3, 0.4) is 0 Å². The van der Waals surface area contributed by atoms with Gasteiger partial charge in [0.05, 0.1) is 4.88 Å². The zero-order valence-electron chi connectivity index (χ0n) is 15.3. The number of carbonyl (C=O) groups excluding carboxylic acids is 2. The number of benzene rings is 1. The molecule has 1 aromatic carbocycles. The molecule has 0 spiro atoms. The molecule has 2 amide bonds. The van der Waals surface area contributed by atoms with Gasteiger partial charge < -0.3 is 9.80 Å². The summed E-state index contributed by atoms with van der Waals surface area (Å²) < 4.78 is 0. The lowest BCUT2D eigenvalue weighted by Crippen LogP contribution is -2.42. The zero-order chi connectivity index (χ0) is 18.3. The summed E-state index contributed by atoms with van der Waals surface area (Å²) >= 11 is 1.63. The summed E-state index contributed by atoms with van der Waals surface area (Å²) in [6.45, 7) is 1.34. The number of rotatable bonds is 2. The molecule has 4 rings (SSSR count). The minimum atomic E-state index is 0.0532. The van der Waals surface area contributed by atoms with Crippen LogP contribution in [-0.4, -0.2) is 48.8 Å². The van der Waals surface area contributed by atoms with Crippen LogP contribution < -0.4 is 0 Å². The summed E-state index contributed by atoms with van der Waals surface area (Å²) in [6, 6.07) is 10.6. The Morgan fingerprint density at radius 1 is 1.08 bits per heavy atom. The fraction of sp³-hybridized carbons (Fsp3) is 0.429. The summed E-state index contributed by atoms with van der Waals surface area (Å²) in [5.74, 6) is 0.357. The van der Waals surface area contributed by atoms with E-state index < -0.39 is 0 Å². The van der Waals surface area contributed by atoms with Crippen molar-refractivity contribution in [3.8, 4) is 10.4 Å². The number of carbonyl (C=O) groups is 2. The van der Waals surface area contributed by atoms with Gasteiger partial charge in [-0.1, -0.05) is 24.3 Å². The van der Waals surface area contributed by atoms with Gasteiger partial charge in [-0.05, 0) is 48.4 Å². The van der Waals surface area contributed by atoms with Crippen LogP contribution in [0.25, 0.3) is 10.4 Å². The largest absolute Gasteiger partial charge is 0.349 e. The van der Waals surface area contributed by atoms with Crippen molar-refractivity contribution in [2.75, 3.05) is 27.2 Å². The van der Waals surface area contributed by atoms with Crippen LogP contribution in [0.1, 0.15) is 33.6 Å². The van der Waals surface area contributed by atoms with Gasteiger partial charge in [-0.25, -0.2) is 0 Å². The molecule has 0 unspecified atom stereocenters. The van der Waals surface area contributed by atoms with E-state index in [1.54, 1.807) is 30.3 Å². The molecule has 0 bridgehead atoms. The van der Waals surface area contributed by atoms with E-state index in [0.717, 1.165) is 30.6 Å². The maximum atomic E-state index is 13.0. The lowest BCUT2D eigenvalue weighted by atomic mass is 9.91. The number of hydrogen-bond donors (Lipinski definition) is 0. The van der Waals surface area contributed by atoms with Crippen molar-refractivity contribution in [1.29, 1.82) is 0 Å². The summed E-state index contributed by atoms with van der Waals surface area (Å²) in [5, 5.41) is 0. The molecule has 0 N–H and O–H groups in total. The Labute approximate surface area is 158 Å². The minimum Gasteiger partial charge on any atom is -0.349 e. The maximum absolute atomic E-state index is 13.0. The number of aryl methyl sites for hydroxylation is 2. The number of fused-ring (bicyclic) bond motifs is 3. The SMILES string of the molecule is CN(C)C(=O)C1CCN(C(=O)c2cc3c(s2)-c2ccccc2CC3)CC1. The molecule has 0 atom stereocenters. The summed E-state index contributed by atoms with van der Waals surface area (Å²) in [7, 11) is 3.60. The van der Waals surface area contributed by atoms with Gasteiger partial charge in [-0.15, -0.1) is 11.3 Å². The summed E-state index contributed by atoms with van der Waals surface area (Å²) in [4.78, 5) is 30.8. The van der Waals surface area contributed by atoms with Gasteiger partial charge in [-0.2, -0.15) is 0 Å². The topological polar surface area (TPSA) is 40.6 Å². The van der Waals surface area contributed by atoms with E-state index in [-0.39, 0.29) is 17.7 Å². The second kappa shape index (κ2) is 6.88. The third-order valence-electron chi connectivity index (χ3n) is 5.52. The van der Waals surface area contributed by atoms with Crippen molar-refractivity contribution in [2.24, 2.45) is 5.92 Å². The maximum Gasteiger partial charge on any atom is 0.263 e. The highest BCUT2D eigenvalue weighted by molar-refractivity contribution is 7.17. The molecule has 1 saturated heterocycles. The van der Waals surface area contributed by atoms with Crippen LogP contribution in [0.5, 0.6) is 0 Å². The molecule has 1 aliphatic heterocycles. The Bertz CT molecular complexity index is 847. The second-order valence-electron chi connectivity index (χ2n) is 7.42. The third-order valence-corrected chi connectivity index (χ3v) is 6.72. The first-order valence-electron chi connectivity index (χ1n) is 9.26. The van der Waals surface area contributed by atoms with E-state index in [1.165, 1.54) is 21.6 Å². The standard InChI is InChI=1S/C21H24N2O2S/c1-22(2)20(24)15-9-11-23(12-10-15)21(25)18-13-16-8-7-14-5-3-4-6-17(14)19(16)26-18/h3-6,13,15H,7-12H2,1-2H3. The molecule has 5 heteroatoms. The van der Waals surface area contributed by atoms with E-state index in [0.29, 0.717) is 13.1 Å². The Morgan fingerprint density at radius 2 is 1.77 bits per heavy atom. The van der Waals surface area contributed by atoms with Crippen LogP contribution in [-0.2, 0) is 17.6 Å². The smallest absolute Gasteiger partial charge is 0.263 e. The van der Waals surface area contributed by atoms with Crippen LogP contribution in [0.4, 0.5) is 0 Å². The third kappa shape index (κ3) is 3.05. The average Bonchev–Trinajstić information content (AvgIpc) is 3.11. The molecule has 2 heterocycles. The number of hydrogen-bond acceptors (Lipinski definition) is 3. The van der Waals surface area contributed by atoms with Crippen molar-refractivity contribution in [3.05, 3.63) is 46.3 Å². The monoisotopic (exact) mass is 368 g/mol. The Morgan fingerprint density at radius 3 is 2.50 bits per heavy atom. The number of piperidine rings is 1. The molecule has 2 aromatic rings. The van der Waals surface area contributed by atoms with E-state index in [1.807, 2.05) is 4.90 Å². The molecule has 1 fully saturated rings. The molecule has 136 valence electrons. The highest BCUT2D eigenvalue weighted by Crippen LogP contribution is 2.40. The highest BCUT2D eigenvalue weighted by Gasteiger charge is 2.30. The van der Waals surface area contributed by atoms with Gasteiger partial charge in [-0.3, -0.25) is 9.59 Å². The van der Waals surface area contributed by atoms with Gasteiger partial charge in [0.2, 0.25) is 5.91 Å². The van der Waals surface area contributed by atoms with E-state index in [9.17, 15) is 9.59 Å². The van der Waals surface area contributed by atoms with Crippen LogP contribution in [0, 0.1) is 5.92 Å². The van der Waals surface area contributed by atoms with Crippen molar-refractivity contribution in [2.45, 2.75) is 25.7 Å². The van der Waals surface area contributed by atoms with Gasteiger partial charge in [0, 0.05) is 38.0 Å². The van der Waals surface area contributed by atoms with E-state index in [2.05, 4.69) is 30.3 Å². The van der Waals surface area contributed by atoms with E-state index >= 15 is 0 Å². The first-order valence-corrected chi connectivity index (χ1v) is 10.1. The zero-order valence-corrected chi connectivity index (χ0v) is 16.1. The Hall–Kier alpha value is -2.14. The normalized spacial score (nSPS) is 16.8. The molecule has 26 heavy (non-hydrogen) atoms. The van der Waals surface area contributed by atoms with Crippen LogP contribution in [0.15, 0.2) is 30.3 Å². The number of nitrogens with zero attached hydrogens (tertiary/aromatic N) is 2. The molecule has 0 radical (unpaired) electrons. The molecule has 2 aliphatic rings. The predicted octanol–water partition coefficient (Wildman–Crippen LogP) is 3.45. The van der Waals surface area contributed by atoms with Gasteiger partial charge in [0.1, 0.15) is 0 Å². The van der Waals surface area contributed by atoms with Crippen molar-refractivity contribution in [3.63, 3.8) is 0 Å². The average molecular weight is 369 g/mol. The molecule has 4 nitrogen and oxygen atoms in total. The molecule has 1 aromatic heterocycles.